The quantitative estimate of drug-likeness (QED) is 0.854. The molecule has 0 spiro atoms. The van der Waals surface area contributed by atoms with Crippen molar-refractivity contribution < 1.29 is 0 Å². The molecule has 5 heteroatoms. The molecule has 0 saturated carbocycles. The van der Waals surface area contributed by atoms with E-state index in [-0.39, 0.29) is 6.04 Å². The summed E-state index contributed by atoms with van der Waals surface area (Å²) in [5.74, 6) is 0. The van der Waals surface area contributed by atoms with Crippen molar-refractivity contribution in [1.29, 1.82) is 0 Å². The third-order valence-electron chi connectivity index (χ3n) is 2.21. The van der Waals surface area contributed by atoms with Gasteiger partial charge in [0, 0.05) is 25.0 Å². The normalized spacial score (nSPS) is 13.0. The van der Waals surface area contributed by atoms with Gasteiger partial charge < -0.3 is 5.73 Å². The molecule has 0 aromatic carbocycles. The summed E-state index contributed by atoms with van der Waals surface area (Å²) in [5, 5.41) is 7.37. The summed E-state index contributed by atoms with van der Waals surface area (Å²) >= 11 is 1.63. The Bertz CT molecular complexity index is 446. The van der Waals surface area contributed by atoms with Crippen LogP contribution >= 0.6 is 11.3 Å². The summed E-state index contributed by atoms with van der Waals surface area (Å²) in [5.41, 5.74) is 8.02. The van der Waals surface area contributed by atoms with Gasteiger partial charge in [0.2, 0.25) is 0 Å². The van der Waals surface area contributed by atoms with Crippen LogP contribution in [0, 0.1) is 6.92 Å². The van der Waals surface area contributed by atoms with Gasteiger partial charge in [0.1, 0.15) is 0 Å². The van der Waals surface area contributed by atoms with E-state index >= 15 is 0 Å². The van der Waals surface area contributed by atoms with Crippen LogP contribution in [0.5, 0.6) is 0 Å². The van der Waals surface area contributed by atoms with Crippen LogP contribution in [0.15, 0.2) is 17.6 Å². The van der Waals surface area contributed by atoms with Gasteiger partial charge in [0.25, 0.3) is 0 Å². The van der Waals surface area contributed by atoms with Crippen LogP contribution in [0.3, 0.4) is 0 Å². The Morgan fingerprint density at radius 2 is 2.40 bits per heavy atom. The predicted molar refractivity (Wildman–Crippen MR) is 60.7 cm³/mol. The predicted octanol–water partition coefficient (Wildman–Crippen LogP) is 1.43. The molecule has 2 aromatic rings. The van der Waals surface area contributed by atoms with Gasteiger partial charge in [-0.1, -0.05) is 0 Å². The number of rotatable bonds is 3. The third-order valence-corrected chi connectivity index (χ3v) is 3.01. The first-order valence-corrected chi connectivity index (χ1v) is 5.69. The number of aromatic nitrogens is 3. The molecule has 0 amide bonds. The smallest absolute Gasteiger partial charge is 0.0898 e. The van der Waals surface area contributed by atoms with Crippen molar-refractivity contribution in [3.05, 3.63) is 34.0 Å². The highest BCUT2D eigenvalue weighted by Gasteiger charge is 2.11. The average molecular weight is 222 g/mol. The molecule has 2 aromatic heterocycles. The largest absolute Gasteiger partial charge is 0.322 e. The molecule has 15 heavy (non-hydrogen) atoms. The Morgan fingerprint density at radius 3 is 2.93 bits per heavy atom. The summed E-state index contributed by atoms with van der Waals surface area (Å²) in [6.07, 6.45) is 2.67. The molecular weight excluding hydrogens is 208 g/mol. The highest BCUT2D eigenvalue weighted by Crippen LogP contribution is 2.17. The number of thiazole rings is 1. The molecule has 0 aliphatic carbocycles. The maximum atomic E-state index is 6.04. The van der Waals surface area contributed by atoms with Crippen molar-refractivity contribution in [2.45, 2.75) is 19.4 Å². The summed E-state index contributed by atoms with van der Waals surface area (Å²) in [6, 6.07) is 1.93. The minimum Gasteiger partial charge on any atom is -0.322 e. The first kappa shape index (κ1) is 10.3. The Kier molecular flexibility index (Phi) is 2.83. The van der Waals surface area contributed by atoms with Gasteiger partial charge >= 0.3 is 0 Å². The number of hydrogen-bond acceptors (Lipinski definition) is 4. The Balaban J connectivity index is 2.06. The molecule has 1 unspecified atom stereocenters. The SMILES string of the molecule is Cc1nc(C(N)Cc2ccn(C)n2)cs1. The number of aryl methyl sites for hydroxylation is 2. The van der Waals surface area contributed by atoms with E-state index < -0.39 is 0 Å². The van der Waals surface area contributed by atoms with Gasteiger partial charge in [-0.25, -0.2) is 4.98 Å². The summed E-state index contributed by atoms with van der Waals surface area (Å²) < 4.78 is 1.79. The molecule has 4 nitrogen and oxygen atoms in total. The van der Waals surface area contributed by atoms with Crippen molar-refractivity contribution in [3.63, 3.8) is 0 Å². The van der Waals surface area contributed by atoms with E-state index in [0.717, 1.165) is 22.8 Å². The van der Waals surface area contributed by atoms with Crippen LogP contribution in [-0.2, 0) is 13.5 Å². The lowest BCUT2D eigenvalue weighted by Gasteiger charge is -2.05. The molecule has 2 heterocycles. The molecule has 0 aliphatic rings. The highest BCUT2D eigenvalue weighted by atomic mass is 32.1. The van der Waals surface area contributed by atoms with E-state index in [1.165, 1.54) is 0 Å². The van der Waals surface area contributed by atoms with E-state index in [2.05, 4.69) is 10.1 Å². The van der Waals surface area contributed by atoms with Crippen LogP contribution in [0.1, 0.15) is 22.4 Å². The maximum Gasteiger partial charge on any atom is 0.0898 e. The third kappa shape index (κ3) is 2.43. The van der Waals surface area contributed by atoms with Crippen LogP contribution in [0.2, 0.25) is 0 Å². The zero-order valence-corrected chi connectivity index (χ0v) is 9.66. The van der Waals surface area contributed by atoms with Gasteiger partial charge in [0.15, 0.2) is 0 Å². The Morgan fingerprint density at radius 1 is 1.60 bits per heavy atom. The standard InChI is InChI=1S/C10H14N4S/c1-7-12-10(6-15-7)9(11)5-8-3-4-14(2)13-8/h3-4,6,9H,5,11H2,1-2H3. The first-order valence-electron chi connectivity index (χ1n) is 4.81. The lowest BCUT2D eigenvalue weighted by molar-refractivity contribution is 0.662. The van der Waals surface area contributed by atoms with E-state index in [0.29, 0.717) is 0 Å². The van der Waals surface area contributed by atoms with Gasteiger partial charge in [-0.05, 0) is 13.0 Å². The zero-order chi connectivity index (χ0) is 10.8. The van der Waals surface area contributed by atoms with Crippen molar-refractivity contribution in [3.8, 4) is 0 Å². The molecule has 0 saturated heterocycles. The fourth-order valence-electron chi connectivity index (χ4n) is 1.45. The minimum absolute atomic E-state index is 0.0511. The lowest BCUT2D eigenvalue weighted by Crippen LogP contribution is -2.14. The van der Waals surface area contributed by atoms with Crippen LogP contribution in [0.25, 0.3) is 0 Å². The Labute approximate surface area is 92.8 Å². The molecule has 0 bridgehead atoms. The van der Waals surface area contributed by atoms with Crippen LogP contribution in [-0.4, -0.2) is 14.8 Å². The second kappa shape index (κ2) is 4.12. The minimum atomic E-state index is -0.0511. The fraction of sp³-hybridized carbons (Fsp3) is 0.400. The second-order valence-electron chi connectivity index (χ2n) is 3.58. The van der Waals surface area contributed by atoms with Crippen LogP contribution in [0.4, 0.5) is 0 Å². The molecule has 1 atom stereocenters. The number of nitrogens with zero attached hydrogens (tertiary/aromatic N) is 3. The molecule has 2 rings (SSSR count). The maximum absolute atomic E-state index is 6.04. The van der Waals surface area contributed by atoms with Crippen LogP contribution < -0.4 is 5.73 Å². The fourth-order valence-corrected chi connectivity index (χ4v) is 2.13. The second-order valence-corrected chi connectivity index (χ2v) is 4.64. The lowest BCUT2D eigenvalue weighted by atomic mass is 10.1. The molecule has 0 aliphatic heterocycles. The number of hydrogen-bond donors (Lipinski definition) is 1. The summed E-state index contributed by atoms with van der Waals surface area (Å²) in [4.78, 5) is 4.37. The molecule has 80 valence electrons. The summed E-state index contributed by atoms with van der Waals surface area (Å²) in [7, 11) is 1.90. The zero-order valence-electron chi connectivity index (χ0n) is 8.84. The Hall–Kier alpha value is -1.20. The van der Waals surface area contributed by atoms with Crippen molar-refractivity contribution in [1.82, 2.24) is 14.8 Å². The van der Waals surface area contributed by atoms with Crippen molar-refractivity contribution in [2.75, 3.05) is 0 Å². The number of nitrogens with two attached hydrogens (primary N) is 1. The molecule has 2 N–H and O–H groups in total. The van der Waals surface area contributed by atoms with E-state index in [1.807, 2.05) is 31.6 Å². The van der Waals surface area contributed by atoms with Gasteiger partial charge in [0.05, 0.1) is 22.4 Å². The molecular formula is C10H14N4S. The topological polar surface area (TPSA) is 56.7 Å². The molecule has 0 fully saturated rings. The van der Waals surface area contributed by atoms with Gasteiger partial charge in [-0.15, -0.1) is 11.3 Å². The molecule has 0 radical (unpaired) electrons. The van der Waals surface area contributed by atoms with Gasteiger partial charge in [-0.3, -0.25) is 4.68 Å². The van der Waals surface area contributed by atoms with Gasteiger partial charge in [-0.2, -0.15) is 5.10 Å². The average Bonchev–Trinajstić information content (AvgIpc) is 2.75. The summed E-state index contributed by atoms with van der Waals surface area (Å²) in [6.45, 7) is 1.99. The van der Waals surface area contributed by atoms with Crippen molar-refractivity contribution >= 4 is 11.3 Å². The van der Waals surface area contributed by atoms with E-state index in [1.54, 1.807) is 16.0 Å². The highest BCUT2D eigenvalue weighted by molar-refractivity contribution is 7.09. The van der Waals surface area contributed by atoms with E-state index in [9.17, 15) is 0 Å². The monoisotopic (exact) mass is 222 g/mol. The first-order chi connectivity index (χ1) is 7.15. The van der Waals surface area contributed by atoms with Crippen molar-refractivity contribution in [2.24, 2.45) is 12.8 Å². The van der Waals surface area contributed by atoms with E-state index in [4.69, 9.17) is 5.73 Å².